The number of anilines is 1. The number of halogens is 1. The second kappa shape index (κ2) is 10.3. The third kappa shape index (κ3) is 5.91. The zero-order valence-electron chi connectivity index (χ0n) is 13.5. The van der Waals surface area contributed by atoms with Crippen LogP contribution in [0.5, 0.6) is 11.5 Å². The summed E-state index contributed by atoms with van der Waals surface area (Å²) in [6.07, 6.45) is 0. The number of rotatable bonds is 6. The quantitative estimate of drug-likeness (QED) is 0.400. The molecule has 0 aliphatic rings. The van der Waals surface area contributed by atoms with Gasteiger partial charge in [0.05, 0.1) is 20.3 Å². The van der Waals surface area contributed by atoms with Gasteiger partial charge in [0.1, 0.15) is 0 Å². The highest BCUT2D eigenvalue weighted by Gasteiger charge is 2.07. The second-order valence-electron chi connectivity index (χ2n) is 4.43. The van der Waals surface area contributed by atoms with Gasteiger partial charge in [-0.05, 0) is 30.5 Å². The number of guanidine groups is 1. The summed E-state index contributed by atoms with van der Waals surface area (Å²) >= 11 is 1.71. The fourth-order valence-corrected chi connectivity index (χ4v) is 2.57. The molecule has 2 rings (SSSR count). The molecule has 23 heavy (non-hydrogen) atoms. The molecule has 0 fully saturated rings. The van der Waals surface area contributed by atoms with Crippen molar-refractivity contribution in [3.8, 4) is 11.5 Å². The van der Waals surface area contributed by atoms with Gasteiger partial charge in [-0.25, -0.2) is 0 Å². The zero-order valence-corrected chi connectivity index (χ0v) is 16.6. The molecule has 1 aromatic heterocycles. The van der Waals surface area contributed by atoms with Gasteiger partial charge in [0, 0.05) is 23.7 Å². The molecule has 0 bridgehead atoms. The average Bonchev–Trinajstić information content (AvgIpc) is 3.05. The molecule has 0 spiro atoms. The minimum atomic E-state index is 0. The highest BCUT2D eigenvalue weighted by Crippen LogP contribution is 2.30. The smallest absolute Gasteiger partial charge is 0.195 e. The number of methoxy groups -OCH3 is 1. The number of aliphatic imine (C=N–C) groups is 1. The van der Waals surface area contributed by atoms with E-state index in [0.717, 1.165) is 12.2 Å². The van der Waals surface area contributed by atoms with Crippen LogP contribution in [0.4, 0.5) is 5.69 Å². The van der Waals surface area contributed by atoms with Gasteiger partial charge in [-0.1, -0.05) is 6.07 Å². The molecule has 0 atom stereocenters. The SMILES string of the molecule is CCOc1cc(NC(=NC)NCc2cccs2)ccc1OC.I. The normalized spacial score (nSPS) is 10.7. The van der Waals surface area contributed by atoms with E-state index in [1.54, 1.807) is 25.5 Å². The van der Waals surface area contributed by atoms with Crippen molar-refractivity contribution in [2.75, 3.05) is 26.1 Å². The molecule has 0 unspecified atom stereocenters. The first-order valence-electron chi connectivity index (χ1n) is 7.07. The molecule has 0 amide bonds. The molecule has 1 aromatic carbocycles. The Morgan fingerprint density at radius 1 is 1.26 bits per heavy atom. The summed E-state index contributed by atoms with van der Waals surface area (Å²) in [4.78, 5) is 5.49. The van der Waals surface area contributed by atoms with Gasteiger partial charge >= 0.3 is 0 Å². The number of hydrogen-bond donors (Lipinski definition) is 2. The summed E-state index contributed by atoms with van der Waals surface area (Å²) in [7, 11) is 3.38. The summed E-state index contributed by atoms with van der Waals surface area (Å²) in [5, 5.41) is 8.59. The first kappa shape index (κ1) is 19.6. The van der Waals surface area contributed by atoms with Crippen molar-refractivity contribution in [1.82, 2.24) is 5.32 Å². The van der Waals surface area contributed by atoms with Crippen molar-refractivity contribution in [2.45, 2.75) is 13.5 Å². The highest BCUT2D eigenvalue weighted by molar-refractivity contribution is 14.0. The van der Waals surface area contributed by atoms with Crippen molar-refractivity contribution in [2.24, 2.45) is 4.99 Å². The number of hydrogen-bond acceptors (Lipinski definition) is 4. The minimum Gasteiger partial charge on any atom is -0.493 e. The van der Waals surface area contributed by atoms with Gasteiger partial charge < -0.3 is 20.1 Å². The lowest BCUT2D eigenvalue weighted by Crippen LogP contribution is -2.29. The van der Waals surface area contributed by atoms with E-state index in [-0.39, 0.29) is 24.0 Å². The fraction of sp³-hybridized carbons (Fsp3) is 0.312. The van der Waals surface area contributed by atoms with E-state index in [4.69, 9.17) is 9.47 Å². The van der Waals surface area contributed by atoms with Crippen molar-refractivity contribution in [3.63, 3.8) is 0 Å². The predicted molar refractivity (Wildman–Crippen MR) is 108 cm³/mol. The molecule has 2 aromatic rings. The van der Waals surface area contributed by atoms with E-state index in [2.05, 4.69) is 27.1 Å². The van der Waals surface area contributed by atoms with E-state index in [1.807, 2.05) is 31.2 Å². The number of ether oxygens (including phenoxy) is 2. The molecule has 0 aliphatic carbocycles. The lowest BCUT2D eigenvalue weighted by atomic mass is 10.2. The van der Waals surface area contributed by atoms with Crippen LogP contribution in [0.3, 0.4) is 0 Å². The van der Waals surface area contributed by atoms with Crippen LogP contribution in [0, 0.1) is 0 Å². The standard InChI is InChI=1S/C16H21N3O2S.HI/c1-4-21-15-10-12(7-8-14(15)20-3)19-16(17-2)18-11-13-6-5-9-22-13;/h5-10H,4,11H2,1-3H3,(H2,17,18,19);1H. The van der Waals surface area contributed by atoms with Gasteiger partial charge in [0.2, 0.25) is 0 Å². The Bertz CT molecular complexity index is 618. The third-order valence-corrected chi connectivity index (χ3v) is 3.84. The Hall–Kier alpha value is -1.48. The number of thiophene rings is 1. The molecule has 0 radical (unpaired) electrons. The van der Waals surface area contributed by atoms with E-state index < -0.39 is 0 Å². The topological polar surface area (TPSA) is 54.9 Å². The second-order valence-corrected chi connectivity index (χ2v) is 5.46. The first-order chi connectivity index (χ1) is 10.8. The molecule has 0 aliphatic heterocycles. The number of benzene rings is 1. The molecule has 0 saturated carbocycles. The predicted octanol–water partition coefficient (Wildman–Crippen LogP) is 3.96. The van der Waals surface area contributed by atoms with E-state index in [0.29, 0.717) is 24.1 Å². The summed E-state index contributed by atoms with van der Waals surface area (Å²) in [6, 6.07) is 9.83. The van der Waals surface area contributed by atoms with Crippen molar-refractivity contribution in [1.29, 1.82) is 0 Å². The summed E-state index contributed by atoms with van der Waals surface area (Å²) in [5.41, 5.74) is 0.892. The van der Waals surface area contributed by atoms with Crippen LogP contribution in [-0.4, -0.2) is 26.7 Å². The molecule has 5 nitrogen and oxygen atoms in total. The van der Waals surface area contributed by atoms with Crippen molar-refractivity contribution < 1.29 is 9.47 Å². The molecule has 2 N–H and O–H groups in total. The maximum Gasteiger partial charge on any atom is 0.195 e. The first-order valence-corrected chi connectivity index (χ1v) is 7.95. The van der Waals surface area contributed by atoms with E-state index in [9.17, 15) is 0 Å². The van der Waals surface area contributed by atoms with Crippen LogP contribution in [0.15, 0.2) is 40.7 Å². The fourth-order valence-electron chi connectivity index (χ4n) is 1.92. The molecular weight excluding hydrogens is 425 g/mol. The lowest BCUT2D eigenvalue weighted by Gasteiger charge is -2.14. The zero-order chi connectivity index (χ0) is 15.8. The van der Waals surface area contributed by atoms with Crippen LogP contribution in [0.2, 0.25) is 0 Å². The van der Waals surface area contributed by atoms with Gasteiger partial charge in [0.25, 0.3) is 0 Å². The number of nitrogens with zero attached hydrogens (tertiary/aromatic N) is 1. The summed E-state index contributed by atoms with van der Waals surface area (Å²) in [5.74, 6) is 2.14. The summed E-state index contributed by atoms with van der Waals surface area (Å²) in [6.45, 7) is 3.28. The van der Waals surface area contributed by atoms with E-state index >= 15 is 0 Å². The minimum absolute atomic E-state index is 0. The Balaban J connectivity index is 0.00000264. The van der Waals surface area contributed by atoms with Crippen molar-refractivity contribution in [3.05, 3.63) is 40.6 Å². The van der Waals surface area contributed by atoms with Gasteiger partial charge in [-0.15, -0.1) is 35.3 Å². The van der Waals surface area contributed by atoms with Gasteiger partial charge in [-0.3, -0.25) is 4.99 Å². The highest BCUT2D eigenvalue weighted by atomic mass is 127. The van der Waals surface area contributed by atoms with Crippen LogP contribution >= 0.6 is 35.3 Å². The Morgan fingerprint density at radius 2 is 2.09 bits per heavy atom. The molecule has 0 saturated heterocycles. The largest absolute Gasteiger partial charge is 0.493 e. The molecule has 7 heteroatoms. The monoisotopic (exact) mass is 447 g/mol. The van der Waals surface area contributed by atoms with Crippen molar-refractivity contribution >= 4 is 47.0 Å². The molecule has 126 valence electrons. The van der Waals surface area contributed by atoms with Gasteiger partial charge in [0.15, 0.2) is 17.5 Å². The maximum absolute atomic E-state index is 5.58. The Labute approximate surface area is 158 Å². The third-order valence-electron chi connectivity index (χ3n) is 2.96. The van der Waals surface area contributed by atoms with Crippen LogP contribution in [0.1, 0.15) is 11.8 Å². The molecular formula is C16H22IN3O2S. The Morgan fingerprint density at radius 3 is 2.70 bits per heavy atom. The molecule has 1 heterocycles. The van der Waals surface area contributed by atoms with Crippen LogP contribution in [0.25, 0.3) is 0 Å². The summed E-state index contributed by atoms with van der Waals surface area (Å²) < 4.78 is 10.9. The maximum atomic E-state index is 5.58. The van der Waals surface area contributed by atoms with E-state index in [1.165, 1.54) is 4.88 Å². The Kier molecular flexibility index (Phi) is 8.78. The lowest BCUT2D eigenvalue weighted by molar-refractivity contribution is 0.311. The van der Waals surface area contributed by atoms with Crippen LogP contribution in [-0.2, 0) is 6.54 Å². The van der Waals surface area contributed by atoms with Crippen LogP contribution < -0.4 is 20.1 Å². The number of nitrogens with one attached hydrogen (secondary N) is 2. The average molecular weight is 447 g/mol. The van der Waals surface area contributed by atoms with Gasteiger partial charge in [-0.2, -0.15) is 0 Å².